The van der Waals surface area contributed by atoms with Crippen LogP contribution >= 0.6 is 0 Å². The van der Waals surface area contributed by atoms with Crippen LogP contribution in [0.2, 0.25) is 0 Å². The number of hydrogen-bond donors (Lipinski definition) is 2. The van der Waals surface area contributed by atoms with Crippen LogP contribution in [0.5, 0.6) is 0 Å². The van der Waals surface area contributed by atoms with Crippen molar-refractivity contribution >= 4 is 44.6 Å². The van der Waals surface area contributed by atoms with Crippen molar-refractivity contribution in [1.82, 2.24) is 4.98 Å². The molecular formula is C30H30N4O5S. The summed E-state index contributed by atoms with van der Waals surface area (Å²) < 4.78 is 17.2. The van der Waals surface area contributed by atoms with Gasteiger partial charge in [-0.1, -0.05) is 35.6 Å². The zero-order valence-electron chi connectivity index (χ0n) is 22.5. The molecule has 0 atom stereocenters. The highest BCUT2D eigenvalue weighted by Crippen LogP contribution is 2.15. The van der Waals surface area contributed by atoms with Crippen molar-refractivity contribution in [3.05, 3.63) is 88.6 Å². The molecule has 0 aliphatic rings. The summed E-state index contributed by atoms with van der Waals surface area (Å²) in [6, 6.07) is 15.6. The third kappa shape index (κ3) is 8.99. The van der Waals surface area contributed by atoms with Gasteiger partial charge in [-0.15, -0.1) is 0 Å². The van der Waals surface area contributed by atoms with Gasteiger partial charge in [0.1, 0.15) is 17.4 Å². The van der Waals surface area contributed by atoms with Crippen LogP contribution in [-0.2, 0) is 19.3 Å². The Morgan fingerprint density at radius 2 is 1.60 bits per heavy atom. The molecule has 0 saturated heterocycles. The number of nitrogens with zero attached hydrogens (tertiary/aromatic N) is 2. The molecule has 3 aromatic rings. The monoisotopic (exact) mass is 558 g/mol. The van der Waals surface area contributed by atoms with Gasteiger partial charge in [0.15, 0.2) is 0 Å². The van der Waals surface area contributed by atoms with Crippen molar-refractivity contribution in [2.24, 2.45) is 4.36 Å². The van der Waals surface area contributed by atoms with Crippen molar-refractivity contribution in [3.8, 4) is 11.8 Å². The molecule has 3 N–H and O–H groups in total. The van der Waals surface area contributed by atoms with Gasteiger partial charge in [-0.05, 0) is 57.2 Å². The Morgan fingerprint density at radius 1 is 0.925 bits per heavy atom. The molecule has 206 valence electrons. The molecule has 0 saturated carbocycles. The number of benzene rings is 2. The van der Waals surface area contributed by atoms with Gasteiger partial charge in [-0.3, -0.25) is 19.2 Å². The summed E-state index contributed by atoms with van der Waals surface area (Å²) in [4.78, 5) is 52.4. The number of Topliss-reactive ketones (excluding diaryl/α,β-unsaturated/α-hetero) is 2. The Hall–Kier alpha value is -4.62. The van der Waals surface area contributed by atoms with Crippen LogP contribution in [-0.4, -0.2) is 44.1 Å². The average Bonchev–Trinajstić information content (AvgIpc) is 2.90. The first-order chi connectivity index (χ1) is 18.9. The van der Waals surface area contributed by atoms with Gasteiger partial charge < -0.3 is 11.1 Å². The SMILES string of the molecule is CC(=O)CCS(=O)(CCC(C)=O)=NC(=O)c1cnc(N)c(C#Cc2cccc(NC(=O)c3cccc(C)c3)c2)c1. The highest BCUT2D eigenvalue weighted by Gasteiger charge is 2.17. The summed E-state index contributed by atoms with van der Waals surface area (Å²) in [6.45, 7) is 4.62. The lowest BCUT2D eigenvalue weighted by molar-refractivity contribution is -0.117. The Morgan fingerprint density at radius 3 is 2.25 bits per heavy atom. The number of aryl methyl sites for hydroxylation is 1. The van der Waals surface area contributed by atoms with Crippen LogP contribution in [0.3, 0.4) is 0 Å². The average molecular weight is 559 g/mol. The summed E-state index contributed by atoms with van der Waals surface area (Å²) in [5, 5.41) is 2.85. The predicted molar refractivity (Wildman–Crippen MR) is 155 cm³/mol. The van der Waals surface area contributed by atoms with E-state index in [9.17, 15) is 23.4 Å². The number of amides is 2. The van der Waals surface area contributed by atoms with E-state index in [4.69, 9.17) is 5.73 Å². The zero-order valence-corrected chi connectivity index (χ0v) is 23.3. The second-order valence-corrected chi connectivity index (χ2v) is 11.8. The van der Waals surface area contributed by atoms with Crippen LogP contribution in [0.15, 0.2) is 65.2 Å². The molecule has 3 rings (SSSR count). The molecule has 0 spiro atoms. The number of pyridine rings is 1. The highest BCUT2D eigenvalue weighted by atomic mass is 32.2. The van der Waals surface area contributed by atoms with E-state index >= 15 is 0 Å². The minimum absolute atomic E-state index is 0.0191. The highest BCUT2D eigenvalue weighted by molar-refractivity contribution is 7.93. The molecule has 9 nitrogen and oxygen atoms in total. The van der Waals surface area contributed by atoms with Crippen LogP contribution in [0, 0.1) is 18.8 Å². The lowest BCUT2D eigenvalue weighted by atomic mass is 10.1. The van der Waals surface area contributed by atoms with E-state index in [0.717, 1.165) is 5.56 Å². The minimum atomic E-state index is -3.14. The molecule has 2 aromatic carbocycles. The van der Waals surface area contributed by atoms with E-state index < -0.39 is 15.6 Å². The van der Waals surface area contributed by atoms with Gasteiger partial charge in [0.25, 0.3) is 11.8 Å². The second kappa shape index (κ2) is 13.4. The van der Waals surface area contributed by atoms with E-state index in [-0.39, 0.29) is 58.8 Å². The number of aromatic nitrogens is 1. The van der Waals surface area contributed by atoms with Crippen LogP contribution in [0.1, 0.15) is 64.1 Å². The van der Waals surface area contributed by atoms with E-state index in [1.165, 1.54) is 26.1 Å². The number of nitrogen functional groups attached to an aromatic ring is 1. The fourth-order valence-corrected chi connectivity index (χ4v) is 5.51. The quantitative estimate of drug-likeness (QED) is 0.374. The van der Waals surface area contributed by atoms with Crippen molar-refractivity contribution in [3.63, 3.8) is 0 Å². The van der Waals surface area contributed by atoms with Gasteiger partial charge >= 0.3 is 0 Å². The molecule has 2 amide bonds. The van der Waals surface area contributed by atoms with Crippen LogP contribution in [0.4, 0.5) is 11.5 Å². The molecule has 0 radical (unpaired) electrons. The van der Waals surface area contributed by atoms with Gasteiger partial charge in [0.05, 0.1) is 20.9 Å². The van der Waals surface area contributed by atoms with E-state index in [1.807, 2.05) is 19.1 Å². The molecule has 40 heavy (non-hydrogen) atoms. The number of nitrogens with two attached hydrogens (primary N) is 1. The summed E-state index contributed by atoms with van der Waals surface area (Å²) in [7, 11) is -3.14. The first-order valence-electron chi connectivity index (χ1n) is 12.5. The summed E-state index contributed by atoms with van der Waals surface area (Å²) in [5.74, 6) is 4.25. The molecule has 0 fully saturated rings. The number of nitrogens with one attached hydrogen (secondary N) is 1. The number of hydrogen-bond acceptors (Lipinski definition) is 7. The number of rotatable bonds is 9. The maximum Gasteiger partial charge on any atom is 0.286 e. The summed E-state index contributed by atoms with van der Waals surface area (Å²) >= 11 is 0. The first kappa shape index (κ1) is 29.9. The van der Waals surface area contributed by atoms with Crippen LogP contribution < -0.4 is 11.1 Å². The van der Waals surface area contributed by atoms with E-state index in [0.29, 0.717) is 16.8 Å². The topological polar surface area (TPSA) is 149 Å². The summed E-state index contributed by atoms with van der Waals surface area (Å²) in [5.41, 5.74) is 8.90. The van der Waals surface area contributed by atoms with E-state index in [2.05, 4.69) is 26.5 Å². The van der Waals surface area contributed by atoms with Crippen molar-refractivity contribution in [2.45, 2.75) is 33.6 Å². The molecule has 10 heteroatoms. The molecule has 0 aliphatic carbocycles. The van der Waals surface area contributed by atoms with Crippen LogP contribution in [0.25, 0.3) is 0 Å². The number of ketones is 2. The molecule has 0 unspecified atom stereocenters. The third-order valence-electron chi connectivity index (χ3n) is 5.70. The summed E-state index contributed by atoms with van der Waals surface area (Å²) in [6.07, 6.45) is 1.17. The van der Waals surface area contributed by atoms with Gasteiger partial charge in [0, 0.05) is 47.4 Å². The first-order valence-corrected chi connectivity index (χ1v) is 14.3. The van der Waals surface area contributed by atoms with Gasteiger partial charge in [0.2, 0.25) is 0 Å². The van der Waals surface area contributed by atoms with Crippen molar-refractivity contribution < 1.29 is 23.4 Å². The molecular weight excluding hydrogens is 528 g/mol. The molecule has 0 bridgehead atoms. The second-order valence-electron chi connectivity index (χ2n) is 9.29. The maximum absolute atomic E-state index is 13.3. The fraction of sp³-hybridized carbons (Fsp3) is 0.233. The Kier molecular flexibility index (Phi) is 10.1. The molecule has 1 heterocycles. The molecule has 0 aliphatic heterocycles. The Balaban J connectivity index is 1.84. The largest absolute Gasteiger partial charge is 0.383 e. The Labute approximate surface area is 233 Å². The number of carbonyl (C=O) groups excluding carboxylic acids is 4. The minimum Gasteiger partial charge on any atom is -0.383 e. The molecule has 1 aromatic heterocycles. The van der Waals surface area contributed by atoms with Gasteiger partial charge in [-0.2, -0.15) is 4.36 Å². The maximum atomic E-state index is 13.3. The smallest absolute Gasteiger partial charge is 0.286 e. The van der Waals surface area contributed by atoms with Gasteiger partial charge in [-0.25, -0.2) is 9.19 Å². The zero-order chi connectivity index (χ0) is 29.3. The lowest BCUT2D eigenvalue weighted by Gasteiger charge is -2.08. The number of carbonyl (C=O) groups is 4. The third-order valence-corrected chi connectivity index (χ3v) is 7.89. The van der Waals surface area contributed by atoms with E-state index in [1.54, 1.807) is 36.4 Å². The van der Waals surface area contributed by atoms with Crippen molar-refractivity contribution in [2.75, 3.05) is 22.6 Å². The predicted octanol–water partition coefficient (Wildman–Crippen LogP) is 4.19. The Bertz CT molecular complexity index is 1640. The van der Waals surface area contributed by atoms with Crippen molar-refractivity contribution in [1.29, 1.82) is 0 Å². The fourth-order valence-electron chi connectivity index (χ4n) is 3.50. The lowest BCUT2D eigenvalue weighted by Crippen LogP contribution is -2.17. The standard InChI is InChI=1S/C30H30N4O5S/c1-20-6-4-8-25(16-20)29(37)33-27-9-5-7-23(17-27)10-11-24-18-26(19-32-28(24)31)30(38)34-40(39,14-12-21(2)35)15-13-22(3)36/h4-9,16-19H,12-15H2,1-3H3,(H2,31,32)(H,33,37). The normalized spacial score (nSPS) is 10.7. The number of anilines is 2.